The van der Waals surface area contributed by atoms with Crippen molar-refractivity contribution in [2.45, 2.75) is 101 Å². The molecular formula is C53H66N2O12. The zero-order valence-electron chi connectivity index (χ0n) is 38.5. The Hall–Kier alpha value is -5.38. The number of carbonyl (C=O) groups excluding carboxylic acids is 1. The third kappa shape index (κ3) is 11.3. The summed E-state index contributed by atoms with van der Waals surface area (Å²) in [7, 11) is 0. The van der Waals surface area contributed by atoms with Crippen molar-refractivity contribution in [2.75, 3.05) is 53.0 Å². The zero-order chi connectivity index (χ0) is 46.4. The van der Waals surface area contributed by atoms with Gasteiger partial charge in [0.05, 0.1) is 38.1 Å². The predicted octanol–water partition coefficient (Wildman–Crippen LogP) is 9.00. The first kappa shape index (κ1) is 48.1. The van der Waals surface area contributed by atoms with E-state index in [0.29, 0.717) is 67.8 Å². The summed E-state index contributed by atoms with van der Waals surface area (Å²) in [5.41, 5.74) is 4.32. The van der Waals surface area contributed by atoms with Crippen LogP contribution in [0.2, 0.25) is 0 Å². The van der Waals surface area contributed by atoms with Crippen LogP contribution in [0.3, 0.4) is 0 Å². The minimum Gasteiger partial charge on any atom is -0.490 e. The van der Waals surface area contributed by atoms with E-state index < -0.39 is 30.1 Å². The van der Waals surface area contributed by atoms with Crippen molar-refractivity contribution in [3.8, 4) is 23.0 Å². The van der Waals surface area contributed by atoms with Gasteiger partial charge in [-0.2, -0.15) is 0 Å². The molecule has 7 atom stereocenters. The van der Waals surface area contributed by atoms with E-state index in [2.05, 4.69) is 25.3 Å². The maximum Gasteiger partial charge on any atom is 0.410 e. The first-order valence-electron chi connectivity index (χ1n) is 24.0. The molecule has 0 bridgehead atoms. The lowest BCUT2D eigenvalue weighted by atomic mass is 9.55. The lowest BCUT2D eigenvalue weighted by Crippen LogP contribution is -2.70. The average Bonchev–Trinajstić information content (AvgIpc) is 3.83. The lowest BCUT2D eigenvalue weighted by Gasteiger charge is -2.59. The number of amides is 1. The fourth-order valence-electron chi connectivity index (χ4n) is 10.4. The quantitative estimate of drug-likeness (QED) is 0.0500. The molecule has 1 amide bonds. The van der Waals surface area contributed by atoms with Gasteiger partial charge in [-0.15, -0.1) is 6.58 Å². The van der Waals surface area contributed by atoms with Gasteiger partial charge in [-0.1, -0.05) is 79.2 Å². The molecule has 0 spiro atoms. The minimum absolute atomic E-state index is 0.00352. The minimum atomic E-state index is -1.51. The number of unbranched alkanes of at least 4 members (excludes halogenated alkanes) is 2. The molecule has 1 saturated heterocycles. The van der Waals surface area contributed by atoms with Gasteiger partial charge >= 0.3 is 6.09 Å². The number of oxime groups is 1. The molecule has 5 aliphatic rings. The van der Waals surface area contributed by atoms with Crippen LogP contribution in [0.1, 0.15) is 86.8 Å². The van der Waals surface area contributed by atoms with E-state index >= 15 is 4.79 Å². The largest absolute Gasteiger partial charge is 0.490 e. The molecule has 2 fully saturated rings. The summed E-state index contributed by atoms with van der Waals surface area (Å²) in [6, 6.07) is 20.5. The number of rotatable bonds is 24. The number of aliphatic hydroxyl groups is 2. The number of nitrogens with zero attached hydrogens (tertiary/aromatic N) is 2. The Morgan fingerprint density at radius 2 is 1.69 bits per heavy atom. The SMILES string of the molecule is C=CCOc1ccc2c(c1)C1C(CCCCO)C(CCCCO)C=C3C(=NOC4CCCCO4)CC(N(Cc4ccc5c(c4)OCO5)C(=O)OCCOCc4ccccc4)C(OCC=C)(O2)C31. The van der Waals surface area contributed by atoms with Crippen LogP contribution in [0.25, 0.3) is 0 Å². The monoisotopic (exact) mass is 922 g/mol. The number of ether oxygens (including phenoxy) is 8. The van der Waals surface area contributed by atoms with E-state index in [-0.39, 0.29) is 70.5 Å². The molecular weight excluding hydrogens is 857 g/mol. The Kier molecular flexibility index (Phi) is 16.9. The van der Waals surface area contributed by atoms with E-state index in [0.717, 1.165) is 60.8 Å². The maximum absolute atomic E-state index is 15.1. The van der Waals surface area contributed by atoms with Crippen molar-refractivity contribution in [3.63, 3.8) is 0 Å². The molecule has 0 radical (unpaired) electrons. The van der Waals surface area contributed by atoms with Crippen molar-refractivity contribution in [2.24, 2.45) is 22.9 Å². The highest BCUT2D eigenvalue weighted by molar-refractivity contribution is 6.03. The van der Waals surface area contributed by atoms with E-state index in [1.54, 1.807) is 17.1 Å². The zero-order valence-corrected chi connectivity index (χ0v) is 38.5. The number of carbonyl (C=O) groups is 1. The highest BCUT2D eigenvalue weighted by Crippen LogP contribution is 2.62. The van der Waals surface area contributed by atoms with Crippen LogP contribution in [-0.2, 0) is 36.9 Å². The van der Waals surface area contributed by atoms with Gasteiger partial charge in [-0.3, -0.25) is 4.90 Å². The second-order valence-corrected chi connectivity index (χ2v) is 17.7. The second kappa shape index (κ2) is 23.6. The Labute approximate surface area is 394 Å². The summed E-state index contributed by atoms with van der Waals surface area (Å²) in [6.45, 7) is 9.87. The van der Waals surface area contributed by atoms with Crippen LogP contribution in [0.5, 0.6) is 23.0 Å². The molecule has 2 N–H and O–H groups in total. The molecule has 14 nitrogen and oxygen atoms in total. The summed E-state index contributed by atoms with van der Waals surface area (Å²) in [4.78, 5) is 23.1. The van der Waals surface area contributed by atoms with E-state index in [1.807, 2.05) is 60.7 Å². The molecule has 1 saturated carbocycles. The molecule has 2 aliphatic carbocycles. The topological polar surface area (TPSA) is 156 Å². The summed E-state index contributed by atoms with van der Waals surface area (Å²) < 4.78 is 50.4. The first-order valence-corrected chi connectivity index (χ1v) is 24.0. The Morgan fingerprint density at radius 3 is 2.48 bits per heavy atom. The maximum atomic E-state index is 15.1. The van der Waals surface area contributed by atoms with Gasteiger partial charge in [-0.25, -0.2) is 4.79 Å². The Morgan fingerprint density at radius 1 is 0.881 bits per heavy atom. The highest BCUT2D eigenvalue weighted by atomic mass is 16.8. The smallest absolute Gasteiger partial charge is 0.410 e. The Balaban J connectivity index is 1.27. The summed E-state index contributed by atoms with van der Waals surface area (Å²) in [6.07, 6.45) is 11.9. The second-order valence-electron chi connectivity index (χ2n) is 17.7. The molecule has 3 aromatic carbocycles. The van der Waals surface area contributed by atoms with E-state index in [1.165, 1.54) is 0 Å². The van der Waals surface area contributed by atoms with Gasteiger partial charge < -0.3 is 52.9 Å². The predicted molar refractivity (Wildman–Crippen MR) is 251 cm³/mol. The number of hydrogen-bond acceptors (Lipinski definition) is 13. The summed E-state index contributed by atoms with van der Waals surface area (Å²) in [5.74, 6) is 0.292. The molecule has 14 heteroatoms. The number of benzene rings is 3. The molecule has 0 aromatic heterocycles. The molecule has 7 unspecified atom stereocenters. The molecule has 67 heavy (non-hydrogen) atoms. The van der Waals surface area contributed by atoms with Crippen molar-refractivity contribution in [1.82, 2.24) is 4.90 Å². The molecule has 3 aliphatic heterocycles. The van der Waals surface area contributed by atoms with Crippen LogP contribution in [-0.4, -0.2) is 98.1 Å². The van der Waals surface area contributed by atoms with E-state index in [9.17, 15) is 10.2 Å². The van der Waals surface area contributed by atoms with Crippen molar-refractivity contribution in [1.29, 1.82) is 0 Å². The van der Waals surface area contributed by atoms with Crippen LogP contribution >= 0.6 is 0 Å². The normalized spacial score (nSPS) is 25.2. The number of fused-ring (bicyclic) bond motifs is 3. The van der Waals surface area contributed by atoms with Gasteiger partial charge in [0.2, 0.25) is 18.9 Å². The van der Waals surface area contributed by atoms with Gasteiger partial charge in [-0.05, 0) is 97.4 Å². The molecule has 3 heterocycles. The van der Waals surface area contributed by atoms with Crippen LogP contribution in [0.15, 0.2) is 109 Å². The fraction of sp³-hybridized carbons (Fsp3) is 0.509. The summed E-state index contributed by atoms with van der Waals surface area (Å²) in [5, 5.41) is 25.0. The van der Waals surface area contributed by atoms with Gasteiger partial charge in [0.1, 0.15) is 30.8 Å². The highest BCUT2D eigenvalue weighted by Gasteiger charge is 2.66. The van der Waals surface area contributed by atoms with Crippen LogP contribution in [0.4, 0.5) is 4.79 Å². The van der Waals surface area contributed by atoms with Crippen LogP contribution in [0, 0.1) is 17.8 Å². The van der Waals surface area contributed by atoms with Crippen LogP contribution < -0.4 is 18.9 Å². The Bertz CT molecular complexity index is 2180. The number of aliphatic hydroxyl groups excluding tert-OH is 2. The van der Waals surface area contributed by atoms with Gasteiger partial charge in [0.15, 0.2) is 11.5 Å². The first-order chi connectivity index (χ1) is 33.0. The third-order valence-electron chi connectivity index (χ3n) is 13.4. The molecule has 3 aromatic rings. The van der Waals surface area contributed by atoms with E-state index in [4.69, 9.17) is 47.9 Å². The molecule has 360 valence electrons. The number of allylic oxidation sites excluding steroid dienone is 1. The van der Waals surface area contributed by atoms with Crippen molar-refractivity contribution < 1.29 is 57.7 Å². The average molecular weight is 923 g/mol. The van der Waals surface area contributed by atoms with Gasteiger partial charge in [0, 0.05) is 44.1 Å². The van der Waals surface area contributed by atoms with Crippen molar-refractivity contribution >= 4 is 11.8 Å². The molecule has 8 rings (SSSR count). The summed E-state index contributed by atoms with van der Waals surface area (Å²) >= 11 is 0. The third-order valence-corrected chi connectivity index (χ3v) is 13.4. The van der Waals surface area contributed by atoms with Crippen molar-refractivity contribution in [3.05, 3.63) is 120 Å². The van der Waals surface area contributed by atoms with Gasteiger partial charge in [0.25, 0.3) is 0 Å². The number of hydrogen-bond donors (Lipinski definition) is 2. The standard InChI is InChI=1S/C53H66N2O12/c1-3-25-60-40-20-22-45-43(32-40)50-41(17-9-12-24-57)39(16-8-11-23-56)31-42-44(54-67-49-18-10-13-27-61-49)33-48(53(66-45,51(42)50)65-26-4-2)55(34-38-19-21-46-47(30-38)64-36-63-46)52(58)62-29-28-59-35-37-14-6-5-7-15-37/h3-7,14-15,19-22,30-32,39,41,48-51,56-57H,1-2,8-13,16-18,23-29,33-36H2. The lowest BCUT2D eigenvalue weighted by molar-refractivity contribution is -0.256. The fourth-order valence-corrected chi connectivity index (χ4v) is 10.4.